The van der Waals surface area contributed by atoms with Crippen LogP contribution in [0.3, 0.4) is 0 Å². The number of anilines is 2. The van der Waals surface area contributed by atoms with Crippen molar-refractivity contribution in [3.63, 3.8) is 0 Å². The normalized spacial score (nSPS) is 10.6. The molecule has 0 fully saturated rings. The van der Waals surface area contributed by atoms with Gasteiger partial charge in [-0.25, -0.2) is 9.78 Å². The van der Waals surface area contributed by atoms with Gasteiger partial charge in [0.1, 0.15) is 11.4 Å². The first-order valence-electron chi connectivity index (χ1n) is 6.71. The maximum atomic E-state index is 11.1. The third-order valence-electron chi connectivity index (χ3n) is 3.08. The highest BCUT2D eigenvalue weighted by Gasteiger charge is 2.11. The number of nitrogen functional groups attached to an aromatic ring is 1. The Morgan fingerprint density at radius 2 is 2.19 bits per heavy atom. The molecule has 21 heavy (non-hydrogen) atoms. The predicted molar refractivity (Wildman–Crippen MR) is 80.4 cm³/mol. The topological polar surface area (TPSA) is 106 Å². The molecule has 7 nitrogen and oxygen atoms in total. The van der Waals surface area contributed by atoms with Gasteiger partial charge in [0.15, 0.2) is 0 Å². The van der Waals surface area contributed by atoms with Crippen LogP contribution in [0.5, 0.6) is 0 Å². The number of hydrogen-bond donors (Lipinski definition) is 3. The number of nitrogens with one attached hydrogen (secondary N) is 1. The van der Waals surface area contributed by atoms with E-state index >= 15 is 0 Å². The Labute approximate surface area is 122 Å². The molecule has 4 N–H and O–H groups in total. The average molecular weight is 289 g/mol. The molecule has 2 heterocycles. The van der Waals surface area contributed by atoms with Gasteiger partial charge in [-0.3, -0.25) is 4.68 Å². The van der Waals surface area contributed by atoms with E-state index in [-0.39, 0.29) is 5.56 Å². The van der Waals surface area contributed by atoms with Gasteiger partial charge in [0.05, 0.1) is 17.6 Å². The number of aryl methyl sites for hydroxylation is 3. The molecular formula is C14H19N5O2. The Morgan fingerprint density at radius 1 is 1.43 bits per heavy atom. The summed E-state index contributed by atoms with van der Waals surface area (Å²) in [6.07, 6.45) is 2.25. The second-order valence-electron chi connectivity index (χ2n) is 4.90. The molecule has 2 aromatic rings. The number of nitrogens with two attached hydrogens (primary N) is 1. The van der Waals surface area contributed by atoms with E-state index in [0.717, 1.165) is 24.4 Å². The minimum absolute atomic E-state index is 0.0844. The first kappa shape index (κ1) is 14.8. The molecule has 0 spiro atoms. The van der Waals surface area contributed by atoms with Crippen LogP contribution in [0.4, 0.5) is 11.5 Å². The Morgan fingerprint density at radius 3 is 2.81 bits per heavy atom. The van der Waals surface area contributed by atoms with Crippen molar-refractivity contribution in [2.24, 2.45) is 0 Å². The van der Waals surface area contributed by atoms with E-state index in [2.05, 4.69) is 15.4 Å². The molecular weight excluding hydrogens is 270 g/mol. The van der Waals surface area contributed by atoms with E-state index in [9.17, 15) is 4.79 Å². The summed E-state index contributed by atoms with van der Waals surface area (Å²) in [5, 5.41) is 16.5. The molecule has 0 radical (unpaired) electrons. The molecule has 2 aromatic heterocycles. The van der Waals surface area contributed by atoms with Crippen molar-refractivity contribution in [1.29, 1.82) is 0 Å². The van der Waals surface area contributed by atoms with E-state index in [1.54, 1.807) is 0 Å². The Bertz CT molecular complexity index is 651. The number of aromatic nitrogens is 3. The summed E-state index contributed by atoms with van der Waals surface area (Å²) in [4.78, 5) is 15.2. The molecule has 0 bridgehead atoms. The van der Waals surface area contributed by atoms with Gasteiger partial charge in [-0.15, -0.1) is 0 Å². The van der Waals surface area contributed by atoms with E-state index in [1.807, 2.05) is 24.6 Å². The van der Waals surface area contributed by atoms with Gasteiger partial charge in [-0.1, -0.05) is 0 Å². The van der Waals surface area contributed by atoms with Crippen molar-refractivity contribution in [2.45, 2.75) is 26.8 Å². The van der Waals surface area contributed by atoms with Crippen molar-refractivity contribution < 1.29 is 9.90 Å². The van der Waals surface area contributed by atoms with Crippen molar-refractivity contribution in [3.8, 4) is 0 Å². The lowest BCUT2D eigenvalue weighted by Crippen LogP contribution is -2.13. The SMILES string of the molecule is Cc1cc(C)n(CCCNc2ncc(N)cc2C(=O)O)n1. The van der Waals surface area contributed by atoms with Crippen molar-refractivity contribution >= 4 is 17.5 Å². The fourth-order valence-electron chi connectivity index (χ4n) is 2.12. The summed E-state index contributed by atoms with van der Waals surface area (Å²) >= 11 is 0. The highest BCUT2D eigenvalue weighted by molar-refractivity contribution is 5.94. The molecule has 0 unspecified atom stereocenters. The lowest BCUT2D eigenvalue weighted by Gasteiger charge is -2.09. The fraction of sp³-hybridized carbons (Fsp3) is 0.357. The molecule has 0 saturated heterocycles. The molecule has 2 rings (SSSR count). The number of aromatic carboxylic acids is 1. The Balaban J connectivity index is 1.92. The summed E-state index contributed by atoms with van der Waals surface area (Å²) in [5.74, 6) is -0.707. The second-order valence-corrected chi connectivity index (χ2v) is 4.90. The summed E-state index contributed by atoms with van der Waals surface area (Å²) < 4.78 is 1.94. The lowest BCUT2D eigenvalue weighted by atomic mass is 10.2. The number of rotatable bonds is 6. The Kier molecular flexibility index (Phi) is 4.42. The van der Waals surface area contributed by atoms with Crippen LogP contribution in [-0.2, 0) is 6.54 Å². The second kappa shape index (κ2) is 6.25. The van der Waals surface area contributed by atoms with E-state index in [1.165, 1.54) is 12.3 Å². The molecule has 0 aliphatic carbocycles. The molecule has 0 atom stereocenters. The highest BCUT2D eigenvalue weighted by Crippen LogP contribution is 2.15. The fourth-order valence-corrected chi connectivity index (χ4v) is 2.12. The van der Waals surface area contributed by atoms with Crippen LogP contribution in [0, 0.1) is 13.8 Å². The number of carbonyl (C=O) groups is 1. The zero-order chi connectivity index (χ0) is 15.4. The van der Waals surface area contributed by atoms with Crippen LogP contribution in [-0.4, -0.2) is 32.4 Å². The molecule has 0 saturated carbocycles. The number of carboxylic acids is 1. The van der Waals surface area contributed by atoms with Crippen LogP contribution >= 0.6 is 0 Å². The van der Waals surface area contributed by atoms with Crippen molar-refractivity contribution in [2.75, 3.05) is 17.6 Å². The molecule has 0 aromatic carbocycles. The monoisotopic (exact) mass is 289 g/mol. The predicted octanol–water partition coefficient (Wildman–Crippen LogP) is 1.68. The smallest absolute Gasteiger partial charge is 0.339 e. The highest BCUT2D eigenvalue weighted by atomic mass is 16.4. The van der Waals surface area contributed by atoms with Crippen LogP contribution in [0.2, 0.25) is 0 Å². The van der Waals surface area contributed by atoms with Crippen LogP contribution in [0.1, 0.15) is 28.2 Å². The maximum Gasteiger partial charge on any atom is 0.339 e. The zero-order valence-corrected chi connectivity index (χ0v) is 12.1. The minimum Gasteiger partial charge on any atom is -0.478 e. The lowest BCUT2D eigenvalue weighted by molar-refractivity contribution is 0.0697. The summed E-state index contributed by atoms with van der Waals surface area (Å²) in [7, 11) is 0. The van der Waals surface area contributed by atoms with Gasteiger partial charge in [-0.2, -0.15) is 5.10 Å². The first-order valence-corrected chi connectivity index (χ1v) is 6.71. The minimum atomic E-state index is -1.05. The van der Waals surface area contributed by atoms with Gasteiger partial charge in [-0.05, 0) is 32.4 Å². The van der Waals surface area contributed by atoms with Gasteiger partial charge in [0.2, 0.25) is 0 Å². The largest absolute Gasteiger partial charge is 0.478 e. The van der Waals surface area contributed by atoms with Crippen LogP contribution < -0.4 is 11.1 Å². The van der Waals surface area contributed by atoms with Crippen molar-refractivity contribution in [3.05, 3.63) is 35.3 Å². The first-order chi connectivity index (χ1) is 9.97. The Hall–Kier alpha value is -2.57. The van der Waals surface area contributed by atoms with E-state index in [0.29, 0.717) is 18.1 Å². The van der Waals surface area contributed by atoms with Crippen LogP contribution in [0.15, 0.2) is 18.3 Å². The van der Waals surface area contributed by atoms with Gasteiger partial charge in [0.25, 0.3) is 0 Å². The number of hydrogen-bond acceptors (Lipinski definition) is 5. The zero-order valence-electron chi connectivity index (χ0n) is 12.1. The van der Waals surface area contributed by atoms with Gasteiger partial charge < -0.3 is 16.2 Å². The summed E-state index contributed by atoms with van der Waals surface area (Å²) in [6.45, 7) is 5.34. The number of pyridine rings is 1. The van der Waals surface area contributed by atoms with E-state index in [4.69, 9.17) is 10.8 Å². The van der Waals surface area contributed by atoms with Gasteiger partial charge >= 0.3 is 5.97 Å². The summed E-state index contributed by atoms with van der Waals surface area (Å²) in [5.41, 5.74) is 8.08. The maximum absolute atomic E-state index is 11.1. The molecule has 0 amide bonds. The third kappa shape index (κ3) is 3.71. The third-order valence-corrected chi connectivity index (χ3v) is 3.08. The van der Waals surface area contributed by atoms with E-state index < -0.39 is 5.97 Å². The molecule has 0 aliphatic rings. The number of nitrogens with zero attached hydrogens (tertiary/aromatic N) is 3. The summed E-state index contributed by atoms with van der Waals surface area (Å²) in [6, 6.07) is 3.43. The molecule has 7 heteroatoms. The average Bonchev–Trinajstić information content (AvgIpc) is 2.74. The molecule has 112 valence electrons. The van der Waals surface area contributed by atoms with Crippen LogP contribution in [0.25, 0.3) is 0 Å². The van der Waals surface area contributed by atoms with Crippen molar-refractivity contribution in [1.82, 2.24) is 14.8 Å². The molecule has 0 aliphatic heterocycles. The standard InChI is InChI=1S/C14H19N5O2/c1-9-6-10(2)19(18-9)5-3-4-16-13-12(14(20)21)7-11(15)8-17-13/h6-8H,3-5,15H2,1-2H3,(H,16,17)(H,20,21). The number of carboxylic acid groups (broad SMARTS) is 1. The van der Waals surface area contributed by atoms with Gasteiger partial charge in [0, 0.05) is 18.8 Å². The quantitative estimate of drug-likeness (QED) is 0.699.